The van der Waals surface area contributed by atoms with Gasteiger partial charge in [-0.05, 0) is 62.3 Å². The molecule has 5 nitrogen and oxygen atoms in total. The average Bonchev–Trinajstić information content (AvgIpc) is 3.38. The maximum Gasteiger partial charge on any atom is 0.213 e. The molecule has 0 amide bonds. The minimum Gasteiger partial charge on any atom is -0.476 e. The number of aliphatic imine (C=N–C) groups is 2. The van der Waals surface area contributed by atoms with Gasteiger partial charge in [0.2, 0.25) is 5.90 Å². The maximum absolute atomic E-state index is 14.2. The zero-order valence-corrected chi connectivity index (χ0v) is 19.5. The molecule has 0 spiro atoms. The molecule has 0 radical (unpaired) electrons. The Kier molecular flexibility index (Phi) is 5.61. The van der Waals surface area contributed by atoms with Gasteiger partial charge in [-0.3, -0.25) is 9.89 Å². The zero-order chi connectivity index (χ0) is 23.1. The molecule has 5 aliphatic rings. The van der Waals surface area contributed by atoms with E-state index in [0.29, 0.717) is 25.5 Å². The lowest BCUT2D eigenvalue weighted by Crippen LogP contribution is -2.43. The number of nitrogens with zero attached hydrogens (tertiary/aromatic N) is 4. The minimum absolute atomic E-state index is 0.0295. The summed E-state index contributed by atoms with van der Waals surface area (Å²) in [5, 5.41) is 9.39. The fourth-order valence-corrected chi connectivity index (χ4v) is 6.54. The van der Waals surface area contributed by atoms with Gasteiger partial charge in [0.15, 0.2) is 0 Å². The van der Waals surface area contributed by atoms with Crippen LogP contribution in [0, 0.1) is 17.2 Å². The molecule has 2 saturated heterocycles. The first-order valence-corrected chi connectivity index (χ1v) is 12.7. The Morgan fingerprint density at radius 3 is 3.03 bits per heavy atom. The van der Waals surface area contributed by atoms with Crippen molar-refractivity contribution in [3.05, 3.63) is 52.6 Å². The van der Waals surface area contributed by atoms with Crippen molar-refractivity contribution in [3.63, 3.8) is 0 Å². The number of alkyl halides is 1. The van der Waals surface area contributed by atoms with Gasteiger partial charge in [-0.1, -0.05) is 24.3 Å². The van der Waals surface area contributed by atoms with Crippen LogP contribution >= 0.6 is 0 Å². The topological polar surface area (TPSA) is 61.0 Å². The Hall–Kier alpha value is -2.78. The van der Waals surface area contributed by atoms with Crippen LogP contribution < -0.4 is 0 Å². The molecular weight excluding hydrogens is 427 g/mol. The lowest BCUT2D eigenvalue weighted by molar-refractivity contribution is 0.106. The smallest absolute Gasteiger partial charge is 0.213 e. The van der Waals surface area contributed by atoms with E-state index in [1.165, 1.54) is 29.5 Å². The second-order valence-electron chi connectivity index (χ2n) is 10.4. The Morgan fingerprint density at radius 1 is 1.21 bits per heavy atom. The van der Waals surface area contributed by atoms with E-state index in [1.807, 2.05) is 6.21 Å². The highest BCUT2D eigenvalue weighted by molar-refractivity contribution is 5.97. The fraction of sp³-hybridized carbons (Fsp3) is 0.536. The summed E-state index contributed by atoms with van der Waals surface area (Å²) in [6, 6.07) is 8.71. The Labute approximate surface area is 200 Å². The van der Waals surface area contributed by atoms with Gasteiger partial charge in [0.1, 0.15) is 12.8 Å². The van der Waals surface area contributed by atoms with Crippen molar-refractivity contribution in [1.82, 2.24) is 4.90 Å². The summed E-state index contributed by atoms with van der Waals surface area (Å²) >= 11 is 0. The van der Waals surface area contributed by atoms with Crippen molar-refractivity contribution in [2.75, 3.05) is 19.7 Å². The molecule has 0 N–H and O–H groups in total. The monoisotopic (exact) mass is 458 g/mol. The molecule has 4 heterocycles. The van der Waals surface area contributed by atoms with Crippen LogP contribution in [0.4, 0.5) is 4.39 Å². The van der Waals surface area contributed by atoms with Crippen molar-refractivity contribution >= 4 is 17.8 Å². The number of hydrogen-bond donors (Lipinski definition) is 0. The number of fused-ring (bicyclic) bond motifs is 3. The first-order valence-electron chi connectivity index (χ1n) is 12.7. The highest BCUT2D eigenvalue weighted by atomic mass is 19.1. The van der Waals surface area contributed by atoms with Gasteiger partial charge in [0, 0.05) is 36.2 Å². The molecule has 6 rings (SSSR count). The second kappa shape index (κ2) is 8.78. The lowest BCUT2D eigenvalue weighted by Gasteiger charge is -2.33. The third-order valence-electron chi connectivity index (χ3n) is 8.22. The van der Waals surface area contributed by atoms with Crippen LogP contribution in [0.15, 0.2) is 45.9 Å². The van der Waals surface area contributed by atoms with E-state index in [2.05, 4.69) is 41.3 Å². The predicted molar refractivity (Wildman–Crippen MR) is 132 cm³/mol. The van der Waals surface area contributed by atoms with E-state index in [-0.39, 0.29) is 23.9 Å². The quantitative estimate of drug-likeness (QED) is 0.650. The van der Waals surface area contributed by atoms with Crippen molar-refractivity contribution < 1.29 is 9.13 Å². The number of dihydropyridines is 1. The SMILES string of the molecule is N#CCC1=CC2C=NC(c3cccc4c3CCCC4)=CC2N=C1OC[C@@]12CCCN1C[C@H](F)C2. The van der Waals surface area contributed by atoms with E-state index in [9.17, 15) is 9.65 Å². The summed E-state index contributed by atoms with van der Waals surface area (Å²) in [4.78, 5) is 12.1. The molecular formula is C28H31FN4O. The van der Waals surface area contributed by atoms with Gasteiger partial charge < -0.3 is 4.74 Å². The fourth-order valence-electron chi connectivity index (χ4n) is 6.54. The third kappa shape index (κ3) is 3.80. The Balaban J connectivity index is 1.27. The van der Waals surface area contributed by atoms with Crippen molar-refractivity contribution in [2.24, 2.45) is 15.9 Å². The van der Waals surface area contributed by atoms with Crippen LogP contribution in [0.2, 0.25) is 0 Å². The standard InChI is InChI=1S/C28H31FN4O/c29-22-15-28(10-4-12-33(28)17-22)18-34-27-20(9-11-30)13-21-16-31-26(14-25(21)32-27)24-8-3-6-19-5-1-2-7-23(19)24/h3,6,8,13-14,16,21-22,25H,1-2,4-5,7,9-10,12,15,17-18H2/t21?,22-,25?,28+/m1/s1. The summed E-state index contributed by atoms with van der Waals surface area (Å²) < 4.78 is 20.5. The van der Waals surface area contributed by atoms with Gasteiger partial charge >= 0.3 is 0 Å². The van der Waals surface area contributed by atoms with Gasteiger partial charge in [-0.2, -0.15) is 5.26 Å². The van der Waals surface area contributed by atoms with Crippen molar-refractivity contribution in [2.45, 2.75) is 69.1 Å². The lowest BCUT2D eigenvalue weighted by atomic mass is 9.85. The predicted octanol–water partition coefficient (Wildman–Crippen LogP) is 4.82. The zero-order valence-electron chi connectivity index (χ0n) is 19.5. The first kappa shape index (κ1) is 21.7. The molecule has 176 valence electrons. The molecule has 6 heteroatoms. The largest absolute Gasteiger partial charge is 0.476 e. The van der Waals surface area contributed by atoms with E-state index in [1.54, 1.807) is 0 Å². The molecule has 0 aromatic heterocycles. The van der Waals surface area contributed by atoms with E-state index < -0.39 is 6.17 Å². The van der Waals surface area contributed by atoms with E-state index in [4.69, 9.17) is 14.7 Å². The van der Waals surface area contributed by atoms with Crippen LogP contribution in [0.3, 0.4) is 0 Å². The van der Waals surface area contributed by atoms with E-state index in [0.717, 1.165) is 43.5 Å². The van der Waals surface area contributed by atoms with Gasteiger partial charge in [-0.15, -0.1) is 0 Å². The van der Waals surface area contributed by atoms with E-state index >= 15 is 0 Å². The van der Waals surface area contributed by atoms with Crippen LogP contribution in [0.1, 0.15) is 55.2 Å². The van der Waals surface area contributed by atoms with Crippen LogP contribution in [-0.2, 0) is 17.6 Å². The molecule has 1 aromatic rings. The van der Waals surface area contributed by atoms with Crippen LogP contribution in [0.5, 0.6) is 0 Å². The van der Waals surface area contributed by atoms with Gasteiger partial charge in [-0.25, -0.2) is 9.38 Å². The average molecular weight is 459 g/mol. The number of halogens is 1. The number of nitriles is 1. The normalized spacial score (nSPS) is 32.1. The first-order chi connectivity index (χ1) is 16.6. The molecule has 0 saturated carbocycles. The second-order valence-corrected chi connectivity index (χ2v) is 10.4. The molecule has 4 aliphatic heterocycles. The summed E-state index contributed by atoms with van der Waals surface area (Å²) in [6.45, 7) is 1.88. The Bertz CT molecular complexity index is 1150. The number of rotatable bonds is 4. The van der Waals surface area contributed by atoms with Crippen molar-refractivity contribution in [1.29, 1.82) is 5.26 Å². The third-order valence-corrected chi connectivity index (χ3v) is 8.22. The molecule has 4 atom stereocenters. The van der Waals surface area contributed by atoms with Crippen LogP contribution in [0.25, 0.3) is 5.70 Å². The molecule has 2 fully saturated rings. The highest BCUT2D eigenvalue weighted by Gasteiger charge is 2.49. The number of ether oxygens (including phenoxy) is 1. The number of aryl methyl sites for hydroxylation is 1. The molecule has 2 unspecified atom stereocenters. The molecule has 1 aromatic carbocycles. The highest BCUT2D eigenvalue weighted by Crippen LogP contribution is 2.41. The maximum atomic E-state index is 14.2. The minimum atomic E-state index is -0.785. The summed E-state index contributed by atoms with van der Waals surface area (Å²) in [5.74, 6) is 0.578. The number of benzene rings is 1. The summed E-state index contributed by atoms with van der Waals surface area (Å²) in [7, 11) is 0. The van der Waals surface area contributed by atoms with Crippen LogP contribution in [-0.4, -0.2) is 54.5 Å². The molecule has 0 bridgehead atoms. The molecule has 34 heavy (non-hydrogen) atoms. The van der Waals surface area contributed by atoms with Gasteiger partial charge in [0.25, 0.3) is 0 Å². The molecule has 1 aliphatic carbocycles. The number of hydrogen-bond acceptors (Lipinski definition) is 5. The summed E-state index contributed by atoms with van der Waals surface area (Å²) in [5.41, 5.74) is 5.66. The van der Waals surface area contributed by atoms with Crippen molar-refractivity contribution in [3.8, 4) is 6.07 Å². The Morgan fingerprint density at radius 2 is 2.12 bits per heavy atom. The summed E-state index contributed by atoms with van der Waals surface area (Å²) in [6.07, 6.45) is 13.0. The van der Waals surface area contributed by atoms with Gasteiger partial charge in [0.05, 0.1) is 29.8 Å².